The zero-order valence-corrected chi connectivity index (χ0v) is 11.1. The highest BCUT2D eigenvalue weighted by molar-refractivity contribution is 7.15. The smallest absolute Gasteiger partial charge is 0.244 e. The highest BCUT2D eigenvalue weighted by Crippen LogP contribution is 2.29. The minimum absolute atomic E-state index is 0.128. The van der Waals surface area contributed by atoms with Crippen molar-refractivity contribution in [2.75, 3.05) is 7.11 Å². The number of benzene rings is 1. The normalized spacial score (nSPS) is 10.8. The van der Waals surface area contributed by atoms with E-state index in [1.165, 1.54) is 11.3 Å². The minimum atomic E-state index is -0.128. The monoisotopic (exact) mass is 276 g/mol. The molecule has 5 nitrogen and oxygen atoms in total. The second-order valence-corrected chi connectivity index (χ2v) is 4.73. The van der Waals surface area contributed by atoms with Crippen molar-refractivity contribution in [1.82, 2.24) is 9.38 Å². The van der Waals surface area contributed by atoms with Gasteiger partial charge in [-0.05, 0) is 12.1 Å². The molecule has 0 unspecified atom stereocenters. The summed E-state index contributed by atoms with van der Waals surface area (Å²) in [5.41, 5.74) is 0.638. The summed E-state index contributed by atoms with van der Waals surface area (Å²) < 4.78 is 12.7. The molecule has 0 radical (unpaired) electrons. The van der Waals surface area contributed by atoms with Gasteiger partial charge in [0.15, 0.2) is 4.96 Å². The molecule has 0 saturated heterocycles. The molecule has 0 bridgehead atoms. The number of methoxy groups -OCH3 is 1. The molecule has 0 atom stereocenters. The first-order chi connectivity index (χ1) is 9.31. The fraction of sp³-hybridized carbons (Fsp3) is 0.154. The van der Waals surface area contributed by atoms with Gasteiger partial charge in [0.2, 0.25) is 5.88 Å². The molecule has 98 valence electrons. The largest absolute Gasteiger partial charge is 0.497 e. The van der Waals surface area contributed by atoms with E-state index in [0.29, 0.717) is 23.1 Å². The zero-order valence-electron chi connectivity index (χ0n) is 10.2. The number of aromatic nitrogens is 2. The van der Waals surface area contributed by atoms with E-state index in [4.69, 9.17) is 9.47 Å². The van der Waals surface area contributed by atoms with Crippen molar-refractivity contribution >= 4 is 16.3 Å². The summed E-state index contributed by atoms with van der Waals surface area (Å²) in [6.07, 6.45) is 1.86. The summed E-state index contributed by atoms with van der Waals surface area (Å²) in [7, 11) is 1.60. The Balaban J connectivity index is 1.97. The van der Waals surface area contributed by atoms with Crippen molar-refractivity contribution in [2.24, 2.45) is 0 Å². The van der Waals surface area contributed by atoms with Crippen molar-refractivity contribution in [1.29, 1.82) is 0 Å². The van der Waals surface area contributed by atoms with E-state index in [-0.39, 0.29) is 6.61 Å². The number of imidazole rings is 1. The van der Waals surface area contributed by atoms with Gasteiger partial charge in [0.1, 0.15) is 17.2 Å². The molecule has 1 N–H and O–H groups in total. The first-order valence-electron chi connectivity index (χ1n) is 5.69. The van der Waals surface area contributed by atoms with Gasteiger partial charge in [0.25, 0.3) is 0 Å². The lowest BCUT2D eigenvalue weighted by atomic mass is 10.3. The summed E-state index contributed by atoms with van der Waals surface area (Å²) >= 11 is 1.49. The molecule has 0 aliphatic rings. The second-order valence-electron chi connectivity index (χ2n) is 3.86. The molecule has 0 aliphatic heterocycles. The van der Waals surface area contributed by atoms with Crippen LogP contribution in [0.15, 0.2) is 35.8 Å². The first-order valence-corrected chi connectivity index (χ1v) is 6.57. The third-order valence-electron chi connectivity index (χ3n) is 2.73. The first kappa shape index (κ1) is 12.0. The van der Waals surface area contributed by atoms with Gasteiger partial charge in [0.05, 0.1) is 13.7 Å². The highest BCUT2D eigenvalue weighted by Gasteiger charge is 2.14. The number of nitrogens with zero attached hydrogens (tertiary/aromatic N) is 2. The Hall–Kier alpha value is -2.05. The number of rotatable bonds is 4. The number of hydrogen-bond acceptors (Lipinski definition) is 5. The molecule has 19 heavy (non-hydrogen) atoms. The van der Waals surface area contributed by atoms with Crippen molar-refractivity contribution < 1.29 is 14.6 Å². The van der Waals surface area contributed by atoms with Gasteiger partial charge < -0.3 is 14.6 Å². The summed E-state index contributed by atoms with van der Waals surface area (Å²) in [5, 5.41) is 11.4. The van der Waals surface area contributed by atoms with Crippen LogP contribution >= 0.6 is 11.3 Å². The molecule has 2 heterocycles. The van der Waals surface area contributed by atoms with E-state index in [1.807, 2.05) is 34.2 Å². The van der Waals surface area contributed by atoms with Crippen LogP contribution in [0.4, 0.5) is 0 Å². The van der Waals surface area contributed by atoms with Gasteiger partial charge in [-0.3, -0.25) is 4.40 Å². The number of hydrogen-bond donors (Lipinski definition) is 1. The molecule has 6 heteroatoms. The molecular weight excluding hydrogens is 264 g/mol. The van der Waals surface area contributed by atoms with Crippen LogP contribution in [0.25, 0.3) is 4.96 Å². The van der Waals surface area contributed by atoms with E-state index in [1.54, 1.807) is 13.2 Å². The summed E-state index contributed by atoms with van der Waals surface area (Å²) in [5.74, 6) is 1.76. The van der Waals surface area contributed by atoms with Crippen molar-refractivity contribution in [2.45, 2.75) is 6.61 Å². The third kappa shape index (κ3) is 2.16. The molecule has 3 rings (SSSR count). The van der Waals surface area contributed by atoms with Crippen LogP contribution in [0.2, 0.25) is 0 Å². The number of aliphatic hydroxyl groups excluding tert-OH is 1. The lowest BCUT2D eigenvalue weighted by Gasteiger charge is -2.06. The Morgan fingerprint density at radius 3 is 3.00 bits per heavy atom. The Morgan fingerprint density at radius 1 is 1.37 bits per heavy atom. The SMILES string of the molecule is COc1cccc(Oc2nc3sccn3c2CO)c1. The van der Waals surface area contributed by atoms with Gasteiger partial charge in [-0.15, -0.1) is 11.3 Å². The van der Waals surface area contributed by atoms with Crippen molar-refractivity contribution in [3.8, 4) is 17.4 Å². The van der Waals surface area contributed by atoms with E-state index >= 15 is 0 Å². The predicted molar refractivity (Wildman–Crippen MR) is 72.1 cm³/mol. The number of aliphatic hydroxyl groups is 1. The molecule has 1 aromatic carbocycles. The minimum Gasteiger partial charge on any atom is -0.497 e. The van der Waals surface area contributed by atoms with E-state index in [0.717, 1.165) is 4.96 Å². The molecule has 0 saturated carbocycles. The lowest BCUT2D eigenvalue weighted by molar-refractivity contribution is 0.269. The lowest BCUT2D eigenvalue weighted by Crippen LogP contribution is -1.93. The Kier molecular flexibility index (Phi) is 3.10. The third-order valence-corrected chi connectivity index (χ3v) is 3.49. The number of ether oxygens (including phenoxy) is 2. The molecule has 3 aromatic rings. The zero-order chi connectivity index (χ0) is 13.2. The van der Waals surface area contributed by atoms with Gasteiger partial charge in [-0.1, -0.05) is 6.07 Å². The number of fused-ring (bicyclic) bond motifs is 1. The van der Waals surface area contributed by atoms with Crippen LogP contribution in [0.1, 0.15) is 5.69 Å². The number of thiazole rings is 1. The van der Waals surface area contributed by atoms with Crippen molar-refractivity contribution in [3.05, 3.63) is 41.5 Å². The van der Waals surface area contributed by atoms with Crippen LogP contribution in [0, 0.1) is 0 Å². The topological polar surface area (TPSA) is 56.0 Å². The predicted octanol–water partition coefficient (Wildman–Crippen LogP) is 2.69. The molecule has 0 amide bonds. The Morgan fingerprint density at radius 2 is 2.21 bits per heavy atom. The van der Waals surface area contributed by atoms with E-state index in [9.17, 15) is 5.11 Å². The van der Waals surface area contributed by atoms with E-state index < -0.39 is 0 Å². The van der Waals surface area contributed by atoms with Gasteiger partial charge in [-0.25, -0.2) is 0 Å². The van der Waals surface area contributed by atoms with Gasteiger partial charge >= 0.3 is 0 Å². The molecule has 0 fully saturated rings. The van der Waals surface area contributed by atoms with Crippen LogP contribution < -0.4 is 9.47 Å². The average molecular weight is 276 g/mol. The fourth-order valence-corrected chi connectivity index (χ4v) is 2.54. The molecular formula is C13H12N2O3S. The Bertz CT molecular complexity index is 705. The maximum atomic E-state index is 9.44. The van der Waals surface area contributed by atoms with Crippen molar-refractivity contribution in [3.63, 3.8) is 0 Å². The quantitative estimate of drug-likeness (QED) is 0.796. The average Bonchev–Trinajstić information content (AvgIpc) is 2.99. The van der Waals surface area contributed by atoms with Gasteiger partial charge in [0, 0.05) is 17.6 Å². The van der Waals surface area contributed by atoms with Crippen LogP contribution in [0.3, 0.4) is 0 Å². The van der Waals surface area contributed by atoms with Crippen LogP contribution in [0.5, 0.6) is 17.4 Å². The summed E-state index contributed by atoms with van der Waals surface area (Å²) in [6.45, 7) is -0.128. The summed E-state index contributed by atoms with van der Waals surface area (Å²) in [6, 6.07) is 7.27. The standard InChI is InChI=1S/C13H12N2O3S/c1-17-9-3-2-4-10(7-9)18-12-11(8-16)15-5-6-19-13(15)14-12/h2-7,16H,8H2,1H3. The molecule has 2 aromatic heterocycles. The maximum Gasteiger partial charge on any atom is 0.244 e. The van der Waals surface area contributed by atoms with Crippen LogP contribution in [-0.2, 0) is 6.61 Å². The van der Waals surface area contributed by atoms with Crippen LogP contribution in [-0.4, -0.2) is 21.6 Å². The summed E-state index contributed by atoms with van der Waals surface area (Å²) in [4.78, 5) is 5.15. The maximum absolute atomic E-state index is 9.44. The van der Waals surface area contributed by atoms with E-state index in [2.05, 4.69) is 4.98 Å². The molecule has 0 spiro atoms. The van der Waals surface area contributed by atoms with Gasteiger partial charge in [-0.2, -0.15) is 4.98 Å². The fourth-order valence-electron chi connectivity index (χ4n) is 1.81. The molecule has 0 aliphatic carbocycles. The highest BCUT2D eigenvalue weighted by atomic mass is 32.1. The Labute approximate surface area is 113 Å². The second kappa shape index (κ2) is 4.91.